The fourth-order valence-corrected chi connectivity index (χ4v) is 2.68. The van der Waals surface area contributed by atoms with E-state index in [1.165, 1.54) is 0 Å². The number of rotatable bonds is 8. The van der Waals surface area contributed by atoms with E-state index in [0.29, 0.717) is 6.92 Å². The van der Waals surface area contributed by atoms with Gasteiger partial charge in [0.1, 0.15) is 11.4 Å². The first-order valence-electron chi connectivity index (χ1n) is 9.12. The maximum absolute atomic E-state index is 14.1. The van der Waals surface area contributed by atoms with Crippen molar-refractivity contribution in [3.05, 3.63) is 29.8 Å². The number of hydrogen-bond donors (Lipinski definition) is 1. The molecule has 2 nitrogen and oxygen atoms in total. The topological polar surface area (TPSA) is 29.5 Å². The highest BCUT2D eigenvalue weighted by molar-refractivity contribution is 5.31. The summed E-state index contributed by atoms with van der Waals surface area (Å²) in [4.78, 5) is 0. The van der Waals surface area contributed by atoms with Gasteiger partial charge < -0.3 is 9.84 Å². The molecule has 1 aromatic rings. The Balaban J connectivity index is 3.36. The lowest BCUT2D eigenvalue weighted by atomic mass is 9.84. The summed E-state index contributed by atoms with van der Waals surface area (Å²) in [5.41, 5.74) is -4.56. The van der Waals surface area contributed by atoms with Gasteiger partial charge in [0.25, 0.3) is 0 Å². The zero-order chi connectivity index (χ0) is 27.4. The minimum Gasteiger partial charge on any atom is -0.488 e. The molecule has 15 heteroatoms. The average Bonchev–Trinajstić information content (AvgIpc) is 2.58. The van der Waals surface area contributed by atoms with E-state index in [0.717, 1.165) is 24.3 Å². The van der Waals surface area contributed by atoms with Crippen molar-refractivity contribution in [1.29, 1.82) is 0 Å². The maximum atomic E-state index is 14.1. The molecule has 0 aliphatic heterocycles. The zero-order valence-corrected chi connectivity index (χ0v) is 17.8. The highest BCUT2D eigenvalue weighted by atomic mass is 19.4. The van der Waals surface area contributed by atoms with E-state index >= 15 is 0 Å². The molecule has 0 aliphatic rings. The molecule has 0 radical (unpaired) electrons. The minimum atomic E-state index is -7.98. The van der Waals surface area contributed by atoms with E-state index in [9.17, 15) is 62.2 Å². The van der Waals surface area contributed by atoms with Crippen LogP contribution in [0.4, 0.5) is 57.1 Å². The summed E-state index contributed by atoms with van der Waals surface area (Å²) in [6.45, 7) is 5.21. The zero-order valence-electron chi connectivity index (χ0n) is 17.8. The predicted octanol–water partition coefficient (Wildman–Crippen LogP) is 7.20. The molecule has 0 aromatic heterocycles. The molecular formula is C19H19F13O2. The Morgan fingerprint density at radius 1 is 0.618 bits per heavy atom. The second-order valence-corrected chi connectivity index (χ2v) is 8.69. The molecule has 0 aliphatic carbocycles. The van der Waals surface area contributed by atoms with Crippen molar-refractivity contribution < 1.29 is 66.9 Å². The van der Waals surface area contributed by atoms with Crippen LogP contribution in [0.25, 0.3) is 0 Å². The van der Waals surface area contributed by atoms with Crippen molar-refractivity contribution in [3.8, 4) is 5.75 Å². The minimum absolute atomic E-state index is 0.0877. The number of alkyl halides is 13. The van der Waals surface area contributed by atoms with Gasteiger partial charge in [-0.25, -0.2) is 0 Å². The molecule has 0 spiro atoms. The van der Waals surface area contributed by atoms with Gasteiger partial charge in [0.15, 0.2) is 0 Å². The lowest BCUT2D eigenvalue weighted by Crippen LogP contribution is -2.70. The van der Waals surface area contributed by atoms with Crippen LogP contribution in [-0.4, -0.2) is 46.5 Å². The standard InChI is InChI=1S/C19H19F13O2/c1-12(2,3)34-11-7-5-10(6-8-11)13(4,33)9-14(20,21)15(22,23)16(24,25)17(26,27)18(28,29)19(30,31)32/h5-8,33H,9H2,1-4H3. The first kappa shape index (κ1) is 30.1. The SMILES string of the molecule is CC(C)(C)Oc1ccc(C(C)(O)CC(F)(F)C(F)(F)C(F)(F)C(F)(F)C(F)(F)C(F)(F)F)cc1. The second-order valence-electron chi connectivity index (χ2n) is 8.69. The van der Waals surface area contributed by atoms with Gasteiger partial charge in [-0.2, -0.15) is 57.1 Å². The van der Waals surface area contributed by atoms with E-state index in [2.05, 4.69) is 0 Å². The fraction of sp³-hybridized carbons (Fsp3) is 0.684. The van der Waals surface area contributed by atoms with Crippen LogP contribution in [0.15, 0.2) is 24.3 Å². The third kappa shape index (κ3) is 5.18. The Bertz CT molecular complexity index is 850. The van der Waals surface area contributed by atoms with Crippen molar-refractivity contribution in [2.45, 2.75) is 81.1 Å². The number of hydrogen-bond acceptors (Lipinski definition) is 2. The summed E-state index contributed by atoms with van der Waals surface area (Å²) >= 11 is 0. The van der Waals surface area contributed by atoms with Gasteiger partial charge in [-0.05, 0) is 45.4 Å². The summed E-state index contributed by atoms with van der Waals surface area (Å²) in [5, 5.41) is 10.2. The van der Waals surface area contributed by atoms with Gasteiger partial charge in [0.05, 0.1) is 12.0 Å². The number of aliphatic hydroxyl groups is 1. The number of benzene rings is 1. The van der Waals surface area contributed by atoms with Crippen molar-refractivity contribution in [1.82, 2.24) is 0 Å². The largest absolute Gasteiger partial charge is 0.488 e. The summed E-state index contributed by atoms with van der Waals surface area (Å²) in [6, 6.07) is 3.77. The van der Waals surface area contributed by atoms with Gasteiger partial charge in [-0.3, -0.25) is 0 Å². The van der Waals surface area contributed by atoms with Gasteiger partial charge in [-0.15, -0.1) is 0 Å². The molecule has 0 saturated carbocycles. The summed E-state index contributed by atoms with van der Waals surface area (Å²) in [6.07, 6.45) is -10.2. The lowest BCUT2D eigenvalue weighted by Gasteiger charge is -2.41. The predicted molar refractivity (Wildman–Crippen MR) is 91.8 cm³/mol. The average molecular weight is 526 g/mol. The fourth-order valence-electron chi connectivity index (χ4n) is 2.68. The number of halogens is 13. The van der Waals surface area contributed by atoms with E-state index in [4.69, 9.17) is 4.74 Å². The van der Waals surface area contributed by atoms with E-state index in [-0.39, 0.29) is 5.75 Å². The van der Waals surface area contributed by atoms with E-state index < -0.39 is 59.0 Å². The van der Waals surface area contributed by atoms with Crippen molar-refractivity contribution in [2.75, 3.05) is 0 Å². The van der Waals surface area contributed by atoms with Gasteiger partial charge in [-0.1, -0.05) is 12.1 Å². The molecule has 1 unspecified atom stereocenters. The molecule has 1 atom stereocenters. The van der Waals surface area contributed by atoms with Gasteiger partial charge in [0, 0.05) is 0 Å². The molecule has 1 rings (SSSR count). The molecule has 1 aromatic carbocycles. The molecular weight excluding hydrogens is 507 g/mol. The van der Waals surface area contributed by atoms with Crippen LogP contribution in [0.3, 0.4) is 0 Å². The maximum Gasteiger partial charge on any atom is 0.460 e. The Morgan fingerprint density at radius 3 is 1.35 bits per heavy atom. The highest BCUT2D eigenvalue weighted by Crippen LogP contribution is 2.61. The van der Waals surface area contributed by atoms with Crippen LogP contribution in [0, 0.1) is 0 Å². The Kier molecular flexibility index (Phi) is 7.38. The first-order chi connectivity index (χ1) is 14.6. The van der Waals surface area contributed by atoms with Crippen LogP contribution in [0.5, 0.6) is 5.75 Å². The highest BCUT2D eigenvalue weighted by Gasteiger charge is 2.90. The summed E-state index contributed by atoms with van der Waals surface area (Å²) in [5.74, 6) is -37.5. The van der Waals surface area contributed by atoms with Crippen molar-refractivity contribution >= 4 is 0 Å². The van der Waals surface area contributed by atoms with E-state index in [1.807, 2.05) is 0 Å². The van der Waals surface area contributed by atoms with E-state index in [1.54, 1.807) is 20.8 Å². The normalized spacial score (nSPS) is 16.9. The second kappa shape index (κ2) is 8.33. The first-order valence-corrected chi connectivity index (χ1v) is 9.12. The molecule has 34 heavy (non-hydrogen) atoms. The van der Waals surface area contributed by atoms with Crippen LogP contribution in [0.1, 0.15) is 39.7 Å². The van der Waals surface area contributed by atoms with Crippen molar-refractivity contribution in [2.24, 2.45) is 0 Å². The smallest absolute Gasteiger partial charge is 0.460 e. The van der Waals surface area contributed by atoms with Crippen LogP contribution in [0.2, 0.25) is 0 Å². The molecule has 0 bridgehead atoms. The molecule has 1 N–H and O–H groups in total. The summed E-state index contributed by atoms with van der Waals surface area (Å²) < 4.78 is 177. The van der Waals surface area contributed by atoms with Gasteiger partial charge >= 0.3 is 35.8 Å². The van der Waals surface area contributed by atoms with Crippen molar-refractivity contribution in [3.63, 3.8) is 0 Å². The molecule has 198 valence electrons. The Hall–Kier alpha value is -1.93. The summed E-state index contributed by atoms with van der Waals surface area (Å²) in [7, 11) is 0. The number of ether oxygens (including phenoxy) is 1. The molecule has 0 heterocycles. The van der Waals surface area contributed by atoms with Gasteiger partial charge in [0.2, 0.25) is 0 Å². The monoisotopic (exact) mass is 526 g/mol. The Labute approximate surface area is 184 Å². The molecule has 0 fully saturated rings. The lowest BCUT2D eigenvalue weighted by molar-refractivity contribution is -0.441. The van der Waals surface area contributed by atoms with Crippen LogP contribution < -0.4 is 4.74 Å². The molecule has 0 amide bonds. The molecule has 0 saturated heterocycles. The quantitative estimate of drug-likeness (QED) is 0.363. The third-order valence-electron chi connectivity index (χ3n) is 4.46. The van der Waals surface area contributed by atoms with Crippen LogP contribution in [-0.2, 0) is 5.60 Å². The van der Waals surface area contributed by atoms with Crippen LogP contribution >= 0.6 is 0 Å². The Morgan fingerprint density at radius 2 is 1.00 bits per heavy atom. The third-order valence-corrected chi connectivity index (χ3v) is 4.46.